The van der Waals surface area contributed by atoms with E-state index < -0.39 is 0 Å². The minimum absolute atomic E-state index is 0.343. The molecule has 0 aliphatic carbocycles. The molecule has 1 aromatic carbocycles. The highest BCUT2D eigenvalue weighted by Crippen LogP contribution is 2.17. The summed E-state index contributed by atoms with van der Waals surface area (Å²) >= 11 is 0. The molecule has 2 nitrogen and oxygen atoms in total. The smallest absolute Gasteiger partial charge is 0.115 e. The molecule has 0 spiro atoms. The lowest BCUT2D eigenvalue weighted by atomic mass is 9.92. The molecule has 0 heterocycles. The van der Waals surface area contributed by atoms with Crippen molar-refractivity contribution in [1.82, 2.24) is 5.32 Å². The molecule has 18 heavy (non-hydrogen) atoms. The summed E-state index contributed by atoms with van der Waals surface area (Å²) in [7, 11) is 0. The fraction of sp³-hybridized carbons (Fsp3) is 0.625. The fourth-order valence-corrected chi connectivity index (χ4v) is 1.84. The summed E-state index contributed by atoms with van der Waals surface area (Å²) in [4.78, 5) is 0. The summed E-state index contributed by atoms with van der Waals surface area (Å²) < 4.78 is 0. The van der Waals surface area contributed by atoms with E-state index in [1.54, 1.807) is 12.1 Å². The highest BCUT2D eigenvalue weighted by Gasteiger charge is 2.10. The number of aryl methyl sites for hydroxylation is 1. The lowest BCUT2D eigenvalue weighted by Gasteiger charge is -2.20. The molecule has 2 heteroatoms. The van der Waals surface area contributed by atoms with Crippen molar-refractivity contribution in [2.45, 2.75) is 53.0 Å². The number of phenolic OH excluding ortho intramolecular Hbond substituents is 1. The van der Waals surface area contributed by atoms with Crippen LogP contribution in [0.2, 0.25) is 0 Å². The normalized spacial score (nSPS) is 13.6. The van der Waals surface area contributed by atoms with Crippen LogP contribution >= 0.6 is 0 Å². The summed E-state index contributed by atoms with van der Waals surface area (Å²) in [6.45, 7) is 10.1. The number of rotatable bonds is 6. The number of nitrogens with one attached hydrogen (secondary N) is 1. The molecule has 1 unspecified atom stereocenters. The second kappa shape index (κ2) is 6.79. The molecular formula is C16H27NO. The zero-order valence-corrected chi connectivity index (χ0v) is 12.2. The SMILES string of the molecule is CC(CCc1ccc(O)cc1)NCCC(C)(C)C. The summed E-state index contributed by atoms with van der Waals surface area (Å²) in [6, 6.07) is 8.05. The molecule has 0 saturated heterocycles. The second-order valence-corrected chi connectivity index (χ2v) is 6.37. The Morgan fingerprint density at radius 1 is 1.17 bits per heavy atom. The first kappa shape index (κ1) is 15.0. The Kier molecular flexibility index (Phi) is 5.67. The fourth-order valence-electron chi connectivity index (χ4n) is 1.84. The van der Waals surface area contributed by atoms with E-state index in [4.69, 9.17) is 0 Å². The molecule has 0 fully saturated rings. The van der Waals surface area contributed by atoms with Gasteiger partial charge in [-0.25, -0.2) is 0 Å². The molecule has 0 radical (unpaired) electrons. The predicted octanol–water partition coefficient (Wildman–Crippen LogP) is 3.74. The quantitative estimate of drug-likeness (QED) is 0.805. The molecule has 0 amide bonds. The Hall–Kier alpha value is -1.02. The van der Waals surface area contributed by atoms with Gasteiger partial charge in [-0.15, -0.1) is 0 Å². The molecule has 0 aliphatic heterocycles. The standard InChI is InChI=1S/C16H27NO/c1-13(17-12-11-16(2,3)4)5-6-14-7-9-15(18)10-8-14/h7-10,13,17-18H,5-6,11-12H2,1-4H3. The largest absolute Gasteiger partial charge is 0.508 e. The topological polar surface area (TPSA) is 32.3 Å². The van der Waals surface area contributed by atoms with E-state index in [1.165, 1.54) is 12.0 Å². The summed E-state index contributed by atoms with van der Waals surface area (Å²) in [5, 5.41) is 12.8. The Morgan fingerprint density at radius 3 is 2.33 bits per heavy atom. The van der Waals surface area contributed by atoms with Crippen LogP contribution in [-0.2, 0) is 6.42 Å². The van der Waals surface area contributed by atoms with Gasteiger partial charge in [-0.05, 0) is 55.8 Å². The van der Waals surface area contributed by atoms with E-state index in [9.17, 15) is 5.11 Å². The summed E-state index contributed by atoms with van der Waals surface area (Å²) in [6.07, 6.45) is 3.40. The van der Waals surface area contributed by atoms with Gasteiger partial charge in [0.2, 0.25) is 0 Å². The average Bonchev–Trinajstić information content (AvgIpc) is 2.26. The van der Waals surface area contributed by atoms with Gasteiger partial charge in [0.15, 0.2) is 0 Å². The number of aromatic hydroxyl groups is 1. The average molecular weight is 249 g/mol. The van der Waals surface area contributed by atoms with Crippen LogP contribution in [0.25, 0.3) is 0 Å². The van der Waals surface area contributed by atoms with Crippen LogP contribution in [0, 0.1) is 5.41 Å². The van der Waals surface area contributed by atoms with E-state index in [1.807, 2.05) is 12.1 Å². The summed E-state index contributed by atoms with van der Waals surface area (Å²) in [5.41, 5.74) is 1.70. The third kappa shape index (κ3) is 6.65. The monoisotopic (exact) mass is 249 g/mol. The number of phenols is 1. The molecule has 2 N–H and O–H groups in total. The minimum Gasteiger partial charge on any atom is -0.508 e. The van der Waals surface area contributed by atoms with Crippen molar-refractivity contribution in [3.63, 3.8) is 0 Å². The molecule has 1 aromatic rings. The number of hydrogen-bond acceptors (Lipinski definition) is 2. The molecular weight excluding hydrogens is 222 g/mol. The van der Waals surface area contributed by atoms with Gasteiger partial charge >= 0.3 is 0 Å². The van der Waals surface area contributed by atoms with E-state index >= 15 is 0 Å². The first-order valence-electron chi connectivity index (χ1n) is 6.88. The molecule has 1 atom stereocenters. The third-order valence-electron chi connectivity index (χ3n) is 3.17. The van der Waals surface area contributed by atoms with E-state index in [2.05, 4.69) is 33.0 Å². The molecule has 0 bridgehead atoms. The molecule has 1 rings (SSSR count). The zero-order chi connectivity index (χ0) is 13.6. The Balaban J connectivity index is 2.21. The Bertz CT molecular complexity index is 337. The van der Waals surface area contributed by atoms with Gasteiger partial charge < -0.3 is 10.4 Å². The van der Waals surface area contributed by atoms with Crippen LogP contribution in [0.15, 0.2) is 24.3 Å². The molecule has 0 saturated carbocycles. The Labute approximate surface area is 111 Å². The van der Waals surface area contributed by atoms with Gasteiger partial charge in [-0.2, -0.15) is 0 Å². The zero-order valence-electron chi connectivity index (χ0n) is 12.2. The lowest BCUT2D eigenvalue weighted by molar-refractivity contribution is 0.353. The first-order chi connectivity index (χ1) is 8.37. The van der Waals surface area contributed by atoms with E-state index in [0.29, 0.717) is 17.2 Å². The van der Waals surface area contributed by atoms with Gasteiger partial charge in [-0.3, -0.25) is 0 Å². The second-order valence-electron chi connectivity index (χ2n) is 6.37. The van der Waals surface area contributed by atoms with Crippen molar-refractivity contribution in [1.29, 1.82) is 0 Å². The molecule has 102 valence electrons. The van der Waals surface area contributed by atoms with Crippen LogP contribution in [0.5, 0.6) is 5.75 Å². The van der Waals surface area contributed by atoms with Crippen LogP contribution in [0.3, 0.4) is 0 Å². The van der Waals surface area contributed by atoms with Crippen molar-refractivity contribution in [3.8, 4) is 5.75 Å². The lowest BCUT2D eigenvalue weighted by Crippen LogP contribution is -2.29. The minimum atomic E-state index is 0.343. The molecule has 0 aromatic heterocycles. The van der Waals surface area contributed by atoms with Crippen LogP contribution in [-0.4, -0.2) is 17.7 Å². The molecule has 0 aliphatic rings. The summed E-state index contributed by atoms with van der Waals surface area (Å²) in [5.74, 6) is 0.343. The van der Waals surface area contributed by atoms with Crippen molar-refractivity contribution in [2.75, 3.05) is 6.54 Å². The van der Waals surface area contributed by atoms with Gasteiger partial charge in [0.05, 0.1) is 0 Å². The van der Waals surface area contributed by atoms with Gasteiger partial charge in [0.25, 0.3) is 0 Å². The van der Waals surface area contributed by atoms with Crippen molar-refractivity contribution in [2.24, 2.45) is 5.41 Å². The maximum atomic E-state index is 9.21. The van der Waals surface area contributed by atoms with E-state index in [-0.39, 0.29) is 0 Å². The van der Waals surface area contributed by atoms with E-state index in [0.717, 1.165) is 19.4 Å². The third-order valence-corrected chi connectivity index (χ3v) is 3.17. The predicted molar refractivity (Wildman–Crippen MR) is 78.0 cm³/mol. The maximum absolute atomic E-state index is 9.21. The van der Waals surface area contributed by atoms with Crippen molar-refractivity contribution < 1.29 is 5.11 Å². The Morgan fingerprint density at radius 2 is 1.78 bits per heavy atom. The van der Waals surface area contributed by atoms with Crippen LogP contribution in [0.1, 0.15) is 46.1 Å². The van der Waals surface area contributed by atoms with Gasteiger partial charge in [-0.1, -0.05) is 32.9 Å². The number of hydrogen-bond donors (Lipinski definition) is 2. The first-order valence-corrected chi connectivity index (χ1v) is 6.88. The highest BCUT2D eigenvalue weighted by atomic mass is 16.3. The van der Waals surface area contributed by atoms with Crippen LogP contribution < -0.4 is 5.32 Å². The van der Waals surface area contributed by atoms with Crippen molar-refractivity contribution in [3.05, 3.63) is 29.8 Å². The number of benzene rings is 1. The van der Waals surface area contributed by atoms with Gasteiger partial charge in [0.1, 0.15) is 5.75 Å². The maximum Gasteiger partial charge on any atom is 0.115 e. The van der Waals surface area contributed by atoms with Crippen molar-refractivity contribution >= 4 is 0 Å². The van der Waals surface area contributed by atoms with Gasteiger partial charge in [0, 0.05) is 6.04 Å². The highest BCUT2D eigenvalue weighted by molar-refractivity contribution is 5.25. The van der Waals surface area contributed by atoms with Crippen LogP contribution in [0.4, 0.5) is 0 Å².